The Labute approximate surface area is 221 Å². The van der Waals surface area contributed by atoms with E-state index in [4.69, 9.17) is 0 Å². The van der Waals surface area contributed by atoms with E-state index in [-0.39, 0.29) is 16.5 Å². The van der Waals surface area contributed by atoms with Gasteiger partial charge in [0.05, 0.1) is 34.9 Å². The van der Waals surface area contributed by atoms with Gasteiger partial charge in [0.15, 0.2) is 0 Å². The molecule has 2 N–H and O–H groups in total. The van der Waals surface area contributed by atoms with Gasteiger partial charge >= 0.3 is 0 Å². The van der Waals surface area contributed by atoms with Crippen LogP contribution in [0.5, 0.6) is 0 Å². The van der Waals surface area contributed by atoms with Crippen LogP contribution >= 0.6 is 0 Å². The van der Waals surface area contributed by atoms with E-state index in [1.165, 1.54) is 6.07 Å². The zero-order valence-corrected chi connectivity index (χ0v) is 23.0. The smallest absolute Gasteiger partial charge is 0.262 e. The van der Waals surface area contributed by atoms with E-state index < -0.39 is 15.6 Å². The van der Waals surface area contributed by atoms with E-state index >= 15 is 0 Å². The molecule has 3 aromatic heterocycles. The summed E-state index contributed by atoms with van der Waals surface area (Å²) in [6.45, 7) is 8.69. The Balaban J connectivity index is 1.60. The van der Waals surface area contributed by atoms with Crippen molar-refractivity contribution >= 4 is 32.3 Å². The lowest BCUT2D eigenvalue weighted by Crippen LogP contribution is -2.53. The van der Waals surface area contributed by atoms with Crippen molar-refractivity contribution in [2.75, 3.05) is 24.5 Å². The molecule has 0 spiro atoms. The largest absolute Gasteiger partial charge is 0.367 e. The lowest BCUT2D eigenvalue weighted by atomic mass is 10.0. The van der Waals surface area contributed by atoms with Crippen molar-refractivity contribution in [2.24, 2.45) is 13.0 Å². The summed E-state index contributed by atoms with van der Waals surface area (Å²) < 4.78 is 35.1. The van der Waals surface area contributed by atoms with Crippen molar-refractivity contribution in [2.45, 2.75) is 56.6 Å². The van der Waals surface area contributed by atoms with E-state index in [0.29, 0.717) is 47.8 Å². The highest BCUT2D eigenvalue weighted by molar-refractivity contribution is 7.89. The van der Waals surface area contributed by atoms with E-state index in [2.05, 4.69) is 39.0 Å². The minimum absolute atomic E-state index is 0.101. The number of sulfonamides is 1. The number of hydrogen-bond acceptors (Lipinski definition) is 7. The number of anilines is 1. The Morgan fingerprint density at radius 3 is 2.71 bits per heavy atom. The Kier molecular flexibility index (Phi) is 5.89. The first-order valence-corrected chi connectivity index (χ1v) is 14.6. The Bertz CT molecular complexity index is 1700. The van der Waals surface area contributed by atoms with Crippen LogP contribution in [0.4, 0.5) is 5.69 Å². The highest BCUT2D eigenvalue weighted by atomic mass is 32.2. The van der Waals surface area contributed by atoms with Crippen LogP contribution in [0, 0.1) is 5.92 Å². The summed E-state index contributed by atoms with van der Waals surface area (Å²) in [7, 11) is -2.02. The van der Waals surface area contributed by atoms with Crippen molar-refractivity contribution in [1.82, 2.24) is 34.0 Å². The number of nitrogens with zero attached hydrogens (tertiary/aromatic N) is 6. The van der Waals surface area contributed by atoms with Gasteiger partial charge < -0.3 is 10.2 Å². The molecular weight excluding hydrogens is 504 g/mol. The van der Waals surface area contributed by atoms with Crippen LogP contribution in [0.15, 0.2) is 46.5 Å². The first-order chi connectivity index (χ1) is 18.0. The lowest BCUT2D eigenvalue weighted by Gasteiger charge is -2.37. The number of hydrogen-bond donors (Lipinski definition) is 2. The van der Waals surface area contributed by atoms with E-state index in [1.54, 1.807) is 32.2 Å². The first-order valence-electron chi connectivity index (χ1n) is 13.1. The van der Waals surface area contributed by atoms with Crippen LogP contribution < -0.4 is 20.5 Å². The lowest BCUT2D eigenvalue weighted by molar-refractivity contribution is 0.368. The number of aryl methyl sites for hydroxylation is 1. The van der Waals surface area contributed by atoms with Crippen LogP contribution in [-0.2, 0) is 23.6 Å². The fraction of sp³-hybridized carbons (Fsp3) is 0.500. The number of benzene rings is 1. The molecule has 4 aromatic rings. The van der Waals surface area contributed by atoms with Crippen molar-refractivity contribution in [3.05, 3.63) is 52.7 Å². The molecule has 202 valence electrons. The van der Waals surface area contributed by atoms with E-state index in [9.17, 15) is 13.2 Å². The SMILES string of the molecule is CC(C)[C@@H]1CN(c2cc(S(=O)(=O)NC3(C)CC3)cc3c(=O)n(Cc4cnn(C)c4)c4ccnn4c23)CCN1. The molecule has 2 aliphatic rings. The summed E-state index contributed by atoms with van der Waals surface area (Å²) in [5, 5.41) is 12.7. The standard InChI is InChI=1S/C26H34N8O3S/c1-17(2)21-16-32(10-9-27-21)22-12-19(38(36,37)30-26(3)6-7-26)11-20-24(22)34-23(5-8-28-34)33(25(20)35)15-18-13-29-31(4)14-18/h5,8,11-14,17,21,27,30H,6-7,9-10,15-16H2,1-4H3/t21-/m0/s1. The molecular formula is C26H34N8O3S. The maximum atomic E-state index is 14.1. The fourth-order valence-corrected chi connectivity index (χ4v) is 6.81. The molecule has 0 unspecified atom stereocenters. The highest BCUT2D eigenvalue weighted by Crippen LogP contribution is 2.37. The topological polar surface area (TPSA) is 119 Å². The second-order valence-electron chi connectivity index (χ2n) is 11.3. The molecule has 4 heterocycles. The summed E-state index contributed by atoms with van der Waals surface area (Å²) in [6.07, 6.45) is 6.86. The third-order valence-corrected chi connectivity index (χ3v) is 9.41. The fourth-order valence-electron chi connectivity index (χ4n) is 5.30. The van der Waals surface area contributed by atoms with Crippen LogP contribution in [0.25, 0.3) is 16.6 Å². The molecule has 6 rings (SSSR count). The minimum atomic E-state index is -3.85. The molecule has 12 heteroatoms. The molecule has 1 aromatic carbocycles. The van der Waals surface area contributed by atoms with Crippen LogP contribution in [0.1, 0.15) is 39.2 Å². The molecule has 1 aliphatic carbocycles. The van der Waals surface area contributed by atoms with Crippen LogP contribution in [0.2, 0.25) is 0 Å². The predicted molar refractivity (Wildman–Crippen MR) is 146 cm³/mol. The number of rotatable bonds is 7. The zero-order valence-electron chi connectivity index (χ0n) is 22.2. The maximum Gasteiger partial charge on any atom is 0.262 e. The van der Waals surface area contributed by atoms with Crippen LogP contribution in [0.3, 0.4) is 0 Å². The Hall–Kier alpha value is -3.22. The Morgan fingerprint density at radius 1 is 1.24 bits per heavy atom. The number of aromatic nitrogens is 5. The zero-order chi connectivity index (χ0) is 26.8. The van der Waals surface area contributed by atoms with Gasteiger partial charge in [-0.15, -0.1) is 0 Å². The Morgan fingerprint density at radius 2 is 2.03 bits per heavy atom. The monoisotopic (exact) mass is 538 g/mol. The molecule has 38 heavy (non-hydrogen) atoms. The molecule has 11 nitrogen and oxygen atoms in total. The molecule has 0 radical (unpaired) electrons. The molecule has 1 saturated heterocycles. The second kappa shape index (κ2) is 8.92. The van der Waals surface area contributed by atoms with Crippen molar-refractivity contribution in [3.8, 4) is 0 Å². The van der Waals surface area contributed by atoms with E-state index in [0.717, 1.165) is 24.9 Å². The van der Waals surface area contributed by atoms with E-state index in [1.807, 2.05) is 26.2 Å². The normalized spacial score (nSPS) is 19.6. The summed E-state index contributed by atoms with van der Waals surface area (Å²) in [4.78, 5) is 16.4. The van der Waals surface area contributed by atoms with Gasteiger partial charge in [-0.2, -0.15) is 10.2 Å². The van der Waals surface area contributed by atoms with Gasteiger partial charge in [-0.25, -0.2) is 17.7 Å². The van der Waals surface area contributed by atoms with Gasteiger partial charge in [-0.05, 0) is 37.8 Å². The molecule has 2 fully saturated rings. The first kappa shape index (κ1) is 25.1. The predicted octanol–water partition coefficient (Wildman–Crippen LogP) is 1.70. The van der Waals surface area contributed by atoms with Gasteiger partial charge in [-0.1, -0.05) is 13.8 Å². The van der Waals surface area contributed by atoms with Crippen molar-refractivity contribution < 1.29 is 8.42 Å². The minimum Gasteiger partial charge on any atom is -0.367 e. The van der Waals surface area contributed by atoms with Crippen molar-refractivity contribution in [3.63, 3.8) is 0 Å². The second-order valence-corrected chi connectivity index (χ2v) is 13.0. The third-order valence-electron chi connectivity index (χ3n) is 7.79. The van der Waals surface area contributed by atoms with Gasteiger partial charge in [0.2, 0.25) is 10.0 Å². The molecule has 1 atom stereocenters. The quantitative estimate of drug-likeness (QED) is 0.368. The highest BCUT2D eigenvalue weighted by Gasteiger charge is 2.41. The van der Waals surface area contributed by atoms with Crippen molar-refractivity contribution in [1.29, 1.82) is 0 Å². The number of piperazine rings is 1. The average molecular weight is 539 g/mol. The third kappa shape index (κ3) is 4.40. The summed E-state index contributed by atoms with van der Waals surface area (Å²) in [5.74, 6) is 0.397. The van der Waals surface area contributed by atoms with Gasteiger partial charge in [-0.3, -0.25) is 14.0 Å². The average Bonchev–Trinajstić information content (AvgIpc) is 3.23. The summed E-state index contributed by atoms with van der Waals surface area (Å²) >= 11 is 0. The molecule has 1 saturated carbocycles. The van der Waals surface area contributed by atoms with Gasteiger partial charge in [0.1, 0.15) is 11.2 Å². The molecule has 0 bridgehead atoms. The molecule has 1 aliphatic heterocycles. The number of fused-ring (bicyclic) bond motifs is 3. The van der Waals surface area contributed by atoms with Crippen LogP contribution in [-0.4, -0.2) is 63.6 Å². The maximum absolute atomic E-state index is 14.1. The summed E-state index contributed by atoms with van der Waals surface area (Å²) in [5.41, 5.74) is 2.14. The van der Waals surface area contributed by atoms with Gasteiger partial charge in [0, 0.05) is 56.1 Å². The number of nitrogens with one attached hydrogen (secondary N) is 2. The molecule has 0 amide bonds. The summed E-state index contributed by atoms with van der Waals surface area (Å²) in [6, 6.07) is 5.28. The van der Waals surface area contributed by atoms with Gasteiger partial charge in [0.25, 0.3) is 5.56 Å².